The zero-order valence-electron chi connectivity index (χ0n) is 13.1. The highest BCUT2D eigenvalue weighted by molar-refractivity contribution is 7.86. The lowest BCUT2D eigenvalue weighted by Crippen LogP contribution is -2.29. The molecule has 9 nitrogen and oxygen atoms in total. The largest absolute Gasteiger partial charge is 0.351 e. The first-order valence-electron chi connectivity index (χ1n) is 7.21. The molecule has 0 atom stereocenters. The summed E-state index contributed by atoms with van der Waals surface area (Å²) in [4.78, 5) is 15.5. The van der Waals surface area contributed by atoms with Crippen molar-refractivity contribution in [2.24, 2.45) is 10.8 Å². The van der Waals surface area contributed by atoms with Crippen LogP contribution in [0.1, 0.15) is 15.9 Å². The lowest BCUT2D eigenvalue weighted by Gasteiger charge is -2.04. The fraction of sp³-hybridized carbons (Fsp3) is 0.133. The van der Waals surface area contributed by atoms with Gasteiger partial charge in [0.05, 0.1) is 11.8 Å². The molecule has 0 fully saturated rings. The lowest BCUT2D eigenvalue weighted by molar-refractivity contribution is 0.0954. The number of amides is 1. The number of aromatic nitrogens is 1. The summed E-state index contributed by atoms with van der Waals surface area (Å²) >= 11 is 0. The molecule has 0 saturated carbocycles. The predicted molar refractivity (Wildman–Crippen MR) is 93.1 cm³/mol. The quantitative estimate of drug-likeness (QED) is 0.317. The van der Waals surface area contributed by atoms with Crippen LogP contribution >= 0.6 is 0 Å². The molecule has 1 heterocycles. The molecular formula is C15H17N5O4S. The number of hydrogen-bond acceptors (Lipinski definition) is 7. The van der Waals surface area contributed by atoms with Crippen molar-refractivity contribution < 1.29 is 17.8 Å². The van der Waals surface area contributed by atoms with Gasteiger partial charge in [0.2, 0.25) is 0 Å². The van der Waals surface area contributed by atoms with Crippen LogP contribution < -0.4 is 16.5 Å². The number of benzene rings is 1. The van der Waals surface area contributed by atoms with Crippen LogP contribution in [0.2, 0.25) is 0 Å². The molecule has 2 aromatic rings. The molecule has 1 aromatic heterocycles. The van der Waals surface area contributed by atoms with E-state index in [2.05, 4.69) is 20.8 Å². The van der Waals surface area contributed by atoms with E-state index in [9.17, 15) is 13.2 Å². The fourth-order valence-corrected chi connectivity index (χ4v) is 2.54. The second kappa shape index (κ2) is 8.33. The average molecular weight is 363 g/mol. The van der Waals surface area contributed by atoms with Crippen molar-refractivity contribution in [2.75, 3.05) is 18.5 Å². The van der Waals surface area contributed by atoms with E-state index in [-0.39, 0.29) is 16.4 Å². The molecule has 5 N–H and O–H groups in total. The number of carbonyl (C=O) groups excluding carboxylic acids is 1. The van der Waals surface area contributed by atoms with Crippen molar-refractivity contribution in [2.45, 2.75) is 4.90 Å². The van der Waals surface area contributed by atoms with Gasteiger partial charge in [-0.2, -0.15) is 13.5 Å². The summed E-state index contributed by atoms with van der Waals surface area (Å²) in [5.74, 6) is 0.0750. The summed E-state index contributed by atoms with van der Waals surface area (Å²) in [5, 5.41) is 6.50. The molecule has 0 bridgehead atoms. The summed E-state index contributed by atoms with van der Waals surface area (Å²) < 4.78 is 31.7. The third-order valence-electron chi connectivity index (χ3n) is 3.04. The Morgan fingerprint density at radius 1 is 1.28 bits per heavy atom. The number of nitrogens with two attached hydrogens (primary N) is 1. The van der Waals surface area contributed by atoms with E-state index in [1.54, 1.807) is 18.2 Å². The SMILES string of the molecule is NCCNC(=O)c1ccc(NN=Cc2ccccc2S(=O)(=O)O)nc1. The number of rotatable bonds is 7. The Morgan fingerprint density at radius 3 is 2.68 bits per heavy atom. The van der Waals surface area contributed by atoms with Gasteiger partial charge >= 0.3 is 0 Å². The number of hydrazone groups is 1. The predicted octanol–water partition coefficient (Wildman–Crippen LogP) is 0.463. The standard InChI is InChI=1S/C15H17N5O4S/c16-7-8-17-15(21)12-5-6-14(18-9-12)20-19-10-11-3-1-2-4-13(11)25(22,23)24/h1-6,9-10H,7-8,16H2,(H,17,21)(H,18,20)(H,22,23,24). The van der Waals surface area contributed by atoms with Gasteiger partial charge < -0.3 is 11.1 Å². The highest BCUT2D eigenvalue weighted by atomic mass is 32.2. The average Bonchev–Trinajstić information content (AvgIpc) is 2.60. The number of pyridine rings is 1. The molecule has 0 aliphatic carbocycles. The zero-order valence-corrected chi connectivity index (χ0v) is 13.9. The van der Waals surface area contributed by atoms with E-state index in [4.69, 9.17) is 10.3 Å². The first kappa shape index (κ1) is 18.5. The molecular weight excluding hydrogens is 346 g/mol. The van der Waals surface area contributed by atoms with Crippen LogP contribution in [0.3, 0.4) is 0 Å². The van der Waals surface area contributed by atoms with E-state index < -0.39 is 10.1 Å². The Balaban J connectivity index is 2.05. The minimum Gasteiger partial charge on any atom is -0.351 e. The summed E-state index contributed by atoms with van der Waals surface area (Å²) in [5.41, 5.74) is 8.51. The second-order valence-corrected chi connectivity index (χ2v) is 6.25. The number of nitrogens with zero attached hydrogens (tertiary/aromatic N) is 2. The van der Waals surface area contributed by atoms with Gasteiger partial charge in [0.15, 0.2) is 0 Å². The van der Waals surface area contributed by atoms with Gasteiger partial charge in [-0.1, -0.05) is 18.2 Å². The van der Waals surface area contributed by atoms with Crippen LogP contribution in [0.15, 0.2) is 52.6 Å². The van der Waals surface area contributed by atoms with E-state index in [1.807, 2.05) is 0 Å². The van der Waals surface area contributed by atoms with Crippen molar-refractivity contribution in [3.05, 3.63) is 53.7 Å². The van der Waals surface area contributed by atoms with Crippen molar-refractivity contribution in [3.8, 4) is 0 Å². The Bertz CT molecular complexity index is 866. The van der Waals surface area contributed by atoms with Crippen molar-refractivity contribution >= 4 is 28.1 Å². The van der Waals surface area contributed by atoms with Crippen molar-refractivity contribution in [1.82, 2.24) is 10.3 Å². The molecule has 25 heavy (non-hydrogen) atoms. The van der Waals surface area contributed by atoms with E-state index >= 15 is 0 Å². The Hall–Kier alpha value is -2.82. The van der Waals surface area contributed by atoms with Crippen LogP contribution in [0.5, 0.6) is 0 Å². The molecule has 2 rings (SSSR count). The number of anilines is 1. The molecule has 1 aromatic carbocycles. The van der Waals surface area contributed by atoms with Gasteiger partial charge in [0, 0.05) is 24.8 Å². The summed E-state index contributed by atoms with van der Waals surface area (Å²) in [7, 11) is -4.34. The Labute approximate surface area is 144 Å². The fourth-order valence-electron chi connectivity index (χ4n) is 1.87. The van der Waals surface area contributed by atoms with Gasteiger partial charge in [-0.3, -0.25) is 14.8 Å². The van der Waals surface area contributed by atoms with Crippen molar-refractivity contribution in [1.29, 1.82) is 0 Å². The van der Waals surface area contributed by atoms with Gasteiger partial charge in [-0.05, 0) is 18.2 Å². The summed E-state index contributed by atoms with van der Waals surface area (Å²) in [6.45, 7) is 0.717. The normalized spacial score (nSPS) is 11.4. The van der Waals surface area contributed by atoms with Crippen LogP contribution in [0.4, 0.5) is 5.82 Å². The third-order valence-corrected chi connectivity index (χ3v) is 3.96. The molecule has 0 aliphatic heterocycles. The molecule has 1 amide bonds. The van der Waals surface area contributed by atoms with Crippen LogP contribution in [-0.2, 0) is 10.1 Å². The topological polar surface area (TPSA) is 147 Å². The lowest BCUT2D eigenvalue weighted by atomic mass is 10.2. The Morgan fingerprint density at radius 2 is 2.04 bits per heavy atom. The maximum atomic E-state index is 11.7. The van der Waals surface area contributed by atoms with Crippen LogP contribution in [0.25, 0.3) is 0 Å². The molecule has 0 unspecified atom stereocenters. The highest BCUT2D eigenvalue weighted by Crippen LogP contribution is 2.13. The minimum atomic E-state index is -4.34. The Kier molecular flexibility index (Phi) is 6.17. The smallest absolute Gasteiger partial charge is 0.295 e. The molecule has 132 valence electrons. The molecule has 0 radical (unpaired) electrons. The maximum absolute atomic E-state index is 11.7. The third kappa shape index (κ3) is 5.35. The van der Waals surface area contributed by atoms with Crippen LogP contribution in [-0.4, -0.2) is 43.2 Å². The molecule has 0 spiro atoms. The maximum Gasteiger partial charge on any atom is 0.295 e. The highest BCUT2D eigenvalue weighted by Gasteiger charge is 2.13. The molecule has 10 heteroatoms. The van der Waals surface area contributed by atoms with Gasteiger partial charge in [0.25, 0.3) is 16.0 Å². The number of hydrogen-bond donors (Lipinski definition) is 4. The first-order valence-corrected chi connectivity index (χ1v) is 8.66. The monoisotopic (exact) mass is 363 g/mol. The minimum absolute atomic E-state index is 0.218. The van der Waals surface area contributed by atoms with E-state index in [1.165, 1.54) is 30.6 Å². The summed E-state index contributed by atoms with van der Waals surface area (Å²) in [6.07, 6.45) is 2.61. The number of nitrogens with one attached hydrogen (secondary N) is 2. The van der Waals surface area contributed by atoms with Gasteiger partial charge in [0.1, 0.15) is 10.7 Å². The number of carbonyl (C=O) groups is 1. The summed E-state index contributed by atoms with van der Waals surface area (Å²) in [6, 6.07) is 8.97. The zero-order chi connectivity index (χ0) is 18.3. The molecule has 0 saturated heterocycles. The van der Waals surface area contributed by atoms with E-state index in [0.717, 1.165) is 0 Å². The van der Waals surface area contributed by atoms with Gasteiger partial charge in [-0.25, -0.2) is 4.98 Å². The van der Waals surface area contributed by atoms with E-state index in [0.29, 0.717) is 24.5 Å². The second-order valence-electron chi connectivity index (χ2n) is 4.86. The first-order chi connectivity index (χ1) is 11.9. The van der Waals surface area contributed by atoms with Gasteiger partial charge in [-0.15, -0.1) is 0 Å². The molecule has 0 aliphatic rings. The van der Waals surface area contributed by atoms with Crippen LogP contribution in [0, 0.1) is 0 Å². The van der Waals surface area contributed by atoms with Crippen molar-refractivity contribution in [3.63, 3.8) is 0 Å².